The van der Waals surface area contributed by atoms with Crippen LogP contribution in [-0.4, -0.2) is 0 Å². The summed E-state index contributed by atoms with van der Waals surface area (Å²) in [7, 11) is 0. The third-order valence-corrected chi connectivity index (χ3v) is 11.2. The van der Waals surface area contributed by atoms with Crippen molar-refractivity contribution in [3.63, 3.8) is 0 Å². The molecule has 1 aliphatic rings. The third kappa shape index (κ3) is 5.49. The van der Waals surface area contributed by atoms with Gasteiger partial charge in [0.05, 0.1) is 0 Å². The summed E-state index contributed by atoms with van der Waals surface area (Å²) in [4.78, 5) is 2.44. The molecule has 1 heteroatoms. The first-order valence-corrected chi connectivity index (χ1v) is 18.7. The molecule has 0 amide bonds. The molecule has 8 aromatic carbocycles. The van der Waals surface area contributed by atoms with Gasteiger partial charge in [-0.15, -0.1) is 0 Å². The fraction of sp³-hybridized carbons (Fsp3) is 0.137. The Morgan fingerprint density at radius 2 is 1.06 bits per heavy atom. The lowest BCUT2D eigenvalue weighted by atomic mass is 9.81. The van der Waals surface area contributed by atoms with Crippen LogP contribution in [0, 0.1) is 0 Å². The van der Waals surface area contributed by atoms with Gasteiger partial charge in [0.1, 0.15) is 0 Å². The predicted octanol–water partition coefficient (Wildman–Crippen LogP) is 14.4. The standard InChI is InChI=1S/C51H43N/c1-4-5-14-35-23-29-46-47-30-28-42(34-50(47)51(2,3)49(46)31-35)52(40-26-24-37(25-27-40)36-15-7-6-8-16-36)41-19-13-18-38(32-41)48-33-39-17-9-10-20-43(39)44-21-11-12-22-45(44)48/h6-13,15-34H,4-5,14H2,1-3H3. The molecule has 1 aliphatic carbocycles. The Bertz CT molecular complexity index is 2580. The zero-order valence-corrected chi connectivity index (χ0v) is 30.2. The van der Waals surface area contributed by atoms with Gasteiger partial charge in [-0.1, -0.05) is 155 Å². The van der Waals surface area contributed by atoms with E-state index in [9.17, 15) is 0 Å². The SMILES string of the molecule is CCCCc1ccc2c(c1)C(C)(C)c1cc(N(c3ccc(-c4ccccc4)cc3)c3cccc(-c4cc5ccccc5c5ccccc45)c3)ccc1-2. The van der Waals surface area contributed by atoms with Gasteiger partial charge < -0.3 is 4.90 Å². The number of benzene rings is 8. The van der Waals surface area contributed by atoms with Gasteiger partial charge in [-0.2, -0.15) is 0 Å². The Labute approximate surface area is 307 Å². The monoisotopic (exact) mass is 669 g/mol. The minimum absolute atomic E-state index is 0.0996. The lowest BCUT2D eigenvalue weighted by molar-refractivity contribution is 0.658. The highest BCUT2D eigenvalue weighted by Crippen LogP contribution is 2.51. The number of fused-ring (bicyclic) bond motifs is 6. The Morgan fingerprint density at radius 3 is 1.85 bits per heavy atom. The van der Waals surface area contributed by atoms with Crippen LogP contribution in [-0.2, 0) is 11.8 Å². The van der Waals surface area contributed by atoms with Gasteiger partial charge in [-0.25, -0.2) is 0 Å². The van der Waals surface area contributed by atoms with Crippen LogP contribution in [0.15, 0.2) is 170 Å². The molecule has 0 bridgehead atoms. The van der Waals surface area contributed by atoms with E-state index < -0.39 is 0 Å². The number of hydrogen-bond donors (Lipinski definition) is 0. The molecule has 0 aromatic heterocycles. The smallest absolute Gasteiger partial charge is 0.0467 e. The van der Waals surface area contributed by atoms with Crippen LogP contribution in [0.2, 0.25) is 0 Å². The van der Waals surface area contributed by atoms with E-state index in [1.807, 2.05) is 0 Å². The van der Waals surface area contributed by atoms with Gasteiger partial charge >= 0.3 is 0 Å². The average Bonchev–Trinajstić information content (AvgIpc) is 3.42. The summed E-state index contributed by atoms with van der Waals surface area (Å²) in [6.45, 7) is 7.07. The molecule has 0 spiro atoms. The minimum Gasteiger partial charge on any atom is -0.310 e. The maximum absolute atomic E-state index is 2.47. The highest BCUT2D eigenvalue weighted by Gasteiger charge is 2.36. The second-order valence-corrected chi connectivity index (χ2v) is 14.8. The van der Waals surface area contributed by atoms with Crippen LogP contribution < -0.4 is 4.90 Å². The van der Waals surface area contributed by atoms with Crippen LogP contribution in [0.1, 0.15) is 50.3 Å². The number of nitrogens with zero attached hydrogens (tertiary/aromatic N) is 1. The fourth-order valence-electron chi connectivity index (χ4n) is 8.43. The Morgan fingerprint density at radius 1 is 0.442 bits per heavy atom. The van der Waals surface area contributed by atoms with E-state index in [1.54, 1.807) is 0 Å². The molecule has 52 heavy (non-hydrogen) atoms. The van der Waals surface area contributed by atoms with Crippen molar-refractivity contribution in [2.45, 2.75) is 45.4 Å². The number of anilines is 3. The molecule has 0 saturated heterocycles. The van der Waals surface area contributed by atoms with Crippen LogP contribution >= 0.6 is 0 Å². The zero-order valence-electron chi connectivity index (χ0n) is 30.2. The van der Waals surface area contributed by atoms with E-state index in [1.165, 1.54) is 90.1 Å². The van der Waals surface area contributed by atoms with Crippen molar-refractivity contribution in [1.82, 2.24) is 0 Å². The largest absolute Gasteiger partial charge is 0.310 e. The van der Waals surface area contributed by atoms with Gasteiger partial charge in [-0.3, -0.25) is 0 Å². The summed E-state index contributed by atoms with van der Waals surface area (Å²) in [5, 5.41) is 5.10. The quantitative estimate of drug-likeness (QED) is 0.146. The lowest BCUT2D eigenvalue weighted by Crippen LogP contribution is -2.17. The minimum atomic E-state index is -0.0996. The molecule has 0 heterocycles. The van der Waals surface area contributed by atoms with E-state index in [2.05, 4.69) is 196 Å². The second kappa shape index (κ2) is 13.0. The summed E-state index contributed by atoms with van der Waals surface area (Å²) in [6, 6.07) is 63.0. The Kier molecular flexibility index (Phi) is 8.01. The van der Waals surface area contributed by atoms with Crippen LogP contribution in [0.4, 0.5) is 17.1 Å². The summed E-state index contributed by atoms with van der Waals surface area (Å²) in [6.07, 6.45) is 3.57. The van der Waals surface area contributed by atoms with Gasteiger partial charge in [0, 0.05) is 22.5 Å². The van der Waals surface area contributed by atoms with E-state index in [4.69, 9.17) is 0 Å². The van der Waals surface area contributed by atoms with Crippen molar-refractivity contribution >= 4 is 38.6 Å². The first-order chi connectivity index (χ1) is 25.5. The Balaban J connectivity index is 1.19. The molecule has 9 rings (SSSR count). The second-order valence-electron chi connectivity index (χ2n) is 14.8. The van der Waals surface area contributed by atoms with Crippen LogP contribution in [0.25, 0.3) is 54.9 Å². The van der Waals surface area contributed by atoms with Gasteiger partial charge in [0.25, 0.3) is 0 Å². The van der Waals surface area contributed by atoms with Gasteiger partial charge in [-0.05, 0) is 127 Å². The average molecular weight is 670 g/mol. The lowest BCUT2D eigenvalue weighted by Gasteiger charge is -2.29. The molecule has 0 atom stereocenters. The molecule has 0 N–H and O–H groups in total. The van der Waals surface area contributed by atoms with Crippen molar-refractivity contribution in [3.8, 4) is 33.4 Å². The topological polar surface area (TPSA) is 3.24 Å². The highest BCUT2D eigenvalue weighted by molar-refractivity contribution is 6.13. The van der Waals surface area contributed by atoms with Crippen molar-refractivity contribution in [2.24, 2.45) is 0 Å². The first-order valence-electron chi connectivity index (χ1n) is 18.7. The maximum Gasteiger partial charge on any atom is 0.0467 e. The molecule has 0 unspecified atom stereocenters. The number of hydrogen-bond acceptors (Lipinski definition) is 1. The summed E-state index contributed by atoms with van der Waals surface area (Å²) < 4.78 is 0. The van der Waals surface area contributed by atoms with Crippen molar-refractivity contribution in [2.75, 3.05) is 4.90 Å². The molecule has 252 valence electrons. The zero-order chi connectivity index (χ0) is 35.2. The Hall–Kier alpha value is -5.92. The first kappa shape index (κ1) is 32.0. The fourth-order valence-corrected chi connectivity index (χ4v) is 8.43. The van der Waals surface area contributed by atoms with Crippen molar-refractivity contribution in [1.29, 1.82) is 0 Å². The third-order valence-electron chi connectivity index (χ3n) is 11.2. The number of rotatable bonds is 8. The summed E-state index contributed by atoms with van der Waals surface area (Å²) in [5.41, 5.74) is 15.2. The van der Waals surface area contributed by atoms with Crippen molar-refractivity contribution in [3.05, 3.63) is 187 Å². The van der Waals surface area contributed by atoms with E-state index in [0.717, 1.165) is 17.8 Å². The molecule has 0 aliphatic heterocycles. The molecule has 1 nitrogen and oxygen atoms in total. The summed E-state index contributed by atoms with van der Waals surface area (Å²) in [5.74, 6) is 0. The number of unbranched alkanes of at least 4 members (excludes halogenated alkanes) is 1. The van der Waals surface area contributed by atoms with Crippen LogP contribution in [0.3, 0.4) is 0 Å². The molecule has 8 aromatic rings. The molecular weight excluding hydrogens is 627 g/mol. The van der Waals surface area contributed by atoms with E-state index >= 15 is 0 Å². The van der Waals surface area contributed by atoms with Crippen molar-refractivity contribution < 1.29 is 0 Å². The van der Waals surface area contributed by atoms with Crippen LogP contribution in [0.5, 0.6) is 0 Å². The van der Waals surface area contributed by atoms with Gasteiger partial charge in [0.15, 0.2) is 0 Å². The molecule has 0 fully saturated rings. The molecule has 0 radical (unpaired) electrons. The normalized spacial score (nSPS) is 12.9. The number of aryl methyl sites for hydroxylation is 1. The van der Waals surface area contributed by atoms with E-state index in [-0.39, 0.29) is 5.41 Å². The summed E-state index contributed by atoms with van der Waals surface area (Å²) >= 11 is 0. The molecule has 0 saturated carbocycles. The van der Waals surface area contributed by atoms with Gasteiger partial charge in [0.2, 0.25) is 0 Å². The predicted molar refractivity (Wildman–Crippen MR) is 223 cm³/mol. The molecular formula is C51H43N. The maximum atomic E-state index is 2.47. The highest BCUT2D eigenvalue weighted by atomic mass is 15.1. The van der Waals surface area contributed by atoms with E-state index in [0.29, 0.717) is 0 Å².